The third-order valence-electron chi connectivity index (χ3n) is 11.4. The topological polar surface area (TPSA) is 34.1 Å². The normalized spacial score (nSPS) is 42.0. The predicted molar refractivity (Wildman–Crippen MR) is 136 cm³/mol. The van der Waals surface area contributed by atoms with Crippen LogP contribution in [0.3, 0.4) is 0 Å². The Labute approximate surface area is 203 Å². The van der Waals surface area contributed by atoms with E-state index in [9.17, 15) is 9.59 Å². The van der Waals surface area contributed by atoms with E-state index in [1.807, 2.05) is 6.29 Å². The smallest absolute Gasteiger partial charge is 0.202 e. The number of rotatable bonds is 9. The minimum absolute atomic E-state index is 0.224. The minimum Gasteiger partial charge on any atom is -0.291 e. The van der Waals surface area contributed by atoms with Gasteiger partial charge in [-0.05, 0) is 104 Å². The Kier molecular flexibility index (Phi) is 7.62. The molecule has 0 N–H and O–H groups in total. The second-order valence-corrected chi connectivity index (χ2v) is 13.4. The van der Waals surface area contributed by atoms with Crippen LogP contribution >= 0.6 is 0 Å². The second kappa shape index (κ2) is 9.98. The Balaban J connectivity index is 1.47. The van der Waals surface area contributed by atoms with Crippen LogP contribution < -0.4 is 0 Å². The van der Waals surface area contributed by atoms with Crippen LogP contribution in [0, 0.1) is 58.2 Å². The van der Waals surface area contributed by atoms with Gasteiger partial charge in [0.1, 0.15) is 0 Å². The van der Waals surface area contributed by atoms with Crippen LogP contribution in [0.4, 0.5) is 0 Å². The number of fused-ring (bicyclic) bond motifs is 5. The first-order chi connectivity index (χ1) is 15.7. The molecule has 4 aliphatic carbocycles. The van der Waals surface area contributed by atoms with E-state index in [1.165, 1.54) is 57.8 Å². The fraction of sp³-hybridized carbons (Fsp3) is 0.871. The van der Waals surface area contributed by atoms with Crippen molar-refractivity contribution < 1.29 is 9.59 Å². The Morgan fingerprint density at radius 3 is 2.48 bits per heavy atom. The standard InChI is InChI=1S/C31H48O2/c1-21(2)7-6-8-22(3)27-11-12-28-26-10-9-25-19-23(24(20-33)15-18-32)13-16-30(25,4)29(26)14-17-31(27,28)5/h9,21-24,26-29H,6-8,10-17,19H2,1-5H3/t22-,23+,24?,26+,27-,28+,29+,30+,31-/m1/s1. The fourth-order valence-electron chi connectivity index (χ4n) is 9.45. The van der Waals surface area contributed by atoms with Crippen molar-refractivity contribution in [3.8, 4) is 0 Å². The lowest BCUT2D eigenvalue weighted by atomic mass is 9.46. The summed E-state index contributed by atoms with van der Waals surface area (Å²) in [6.45, 7) is 12.5. The van der Waals surface area contributed by atoms with E-state index < -0.39 is 0 Å². The molecule has 2 heteroatoms. The maximum atomic E-state index is 11.5. The van der Waals surface area contributed by atoms with Gasteiger partial charge in [0.05, 0.1) is 0 Å². The predicted octanol–water partition coefficient (Wildman–Crippen LogP) is 7.87. The average molecular weight is 453 g/mol. The highest BCUT2D eigenvalue weighted by molar-refractivity contribution is 5.63. The van der Waals surface area contributed by atoms with Gasteiger partial charge in [-0.15, -0.1) is 0 Å². The molecule has 3 fully saturated rings. The quantitative estimate of drug-likeness (QED) is 0.333. The number of carbonyl (C=O) groups excluding carboxylic acids is 2. The molecule has 0 aromatic heterocycles. The molecule has 0 bridgehead atoms. The van der Waals surface area contributed by atoms with E-state index in [-0.39, 0.29) is 18.3 Å². The van der Waals surface area contributed by atoms with Gasteiger partial charge in [0.15, 0.2) is 6.29 Å². The van der Waals surface area contributed by atoms with Crippen molar-refractivity contribution in [2.45, 2.75) is 112 Å². The van der Waals surface area contributed by atoms with Crippen molar-refractivity contribution in [1.82, 2.24) is 0 Å². The molecule has 4 aliphatic rings. The molecule has 184 valence electrons. The molecule has 9 atom stereocenters. The van der Waals surface area contributed by atoms with Gasteiger partial charge in [-0.3, -0.25) is 9.59 Å². The van der Waals surface area contributed by atoms with Crippen LogP contribution in [0.2, 0.25) is 0 Å². The maximum absolute atomic E-state index is 11.5. The van der Waals surface area contributed by atoms with E-state index in [1.54, 1.807) is 5.57 Å². The van der Waals surface area contributed by atoms with Crippen LogP contribution in [0.1, 0.15) is 112 Å². The lowest BCUT2D eigenvalue weighted by molar-refractivity contribution is -0.0535. The maximum Gasteiger partial charge on any atom is 0.202 e. The van der Waals surface area contributed by atoms with E-state index in [4.69, 9.17) is 0 Å². The van der Waals surface area contributed by atoms with Crippen LogP contribution in [0.25, 0.3) is 0 Å². The first-order valence-corrected chi connectivity index (χ1v) is 14.2. The SMILES string of the molecule is CC(C)CCC[C@@H](C)[C@H]1CC[C@H]2[C@@H]3CC=C4C[C@@H](C([C]=O)C[C]=O)CC[C@]4(C)[C@H]3CC[C@]12C. The molecule has 0 aromatic carbocycles. The number of hydrogen-bond acceptors (Lipinski definition) is 2. The molecule has 0 aliphatic heterocycles. The van der Waals surface area contributed by atoms with Crippen molar-refractivity contribution in [2.24, 2.45) is 58.2 Å². The molecule has 2 nitrogen and oxygen atoms in total. The first kappa shape index (κ1) is 25.2. The Morgan fingerprint density at radius 2 is 1.79 bits per heavy atom. The van der Waals surface area contributed by atoms with Crippen LogP contribution in [0.15, 0.2) is 11.6 Å². The van der Waals surface area contributed by atoms with Gasteiger partial charge >= 0.3 is 0 Å². The monoisotopic (exact) mass is 452 g/mol. The summed E-state index contributed by atoms with van der Waals surface area (Å²) < 4.78 is 0. The van der Waals surface area contributed by atoms with E-state index >= 15 is 0 Å². The Morgan fingerprint density at radius 1 is 1.00 bits per heavy atom. The van der Waals surface area contributed by atoms with Gasteiger partial charge in [0.2, 0.25) is 6.29 Å². The molecule has 0 spiro atoms. The van der Waals surface area contributed by atoms with Crippen molar-refractivity contribution in [3.63, 3.8) is 0 Å². The highest BCUT2D eigenvalue weighted by atomic mass is 16.1. The van der Waals surface area contributed by atoms with Crippen molar-refractivity contribution in [1.29, 1.82) is 0 Å². The summed E-state index contributed by atoms with van der Waals surface area (Å²) in [5, 5.41) is 0. The highest BCUT2D eigenvalue weighted by Gasteiger charge is 2.59. The first-order valence-electron chi connectivity index (χ1n) is 14.2. The highest BCUT2D eigenvalue weighted by Crippen LogP contribution is 2.67. The van der Waals surface area contributed by atoms with Crippen LogP contribution in [-0.4, -0.2) is 12.6 Å². The molecule has 1 unspecified atom stereocenters. The van der Waals surface area contributed by atoms with Crippen molar-refractivity contribution in [2.75, 3.05) is 0 Å². The molecule has 0 heterocycles. The lowest BCUT2D eigenvalue weighted by Gasteiger charge is -2.59. The molecular weight excluding hydrogens is 404 g/mol. The molecule has 4 rings (SSSR count). The molecule has 0 aromatic rings. The molecule has 0 amide bonds. The van der Waals surface area contributed by atoms with Crippen molar-refractivity contribution >= 4 is 12.6 Å². The molecule has 3 saturated carbocycles. The third kappa shape index (κ3) is 4.54. The Hall–Kier alpha value is -0.920. The van der Waals surface area contributed by atoms with Crippen molar-refractivity contribution in [3.05, 3.63) is 11.6 Å². The summed E-state index contributed by atoms with van der Waals surface area (Å²) in [7, 11) is 0. The summed E-state index contributed by atoms with van der Waals surface area (Å²) >= 11 is 0. The second-order valence-electron chi connectivity index (χ2n) is 13.4. The summed E-state index contributed by atoms with van der Waals surface area (Å²) in [6, 6.07) is 0. The zero-order valence-electron chi connectivity index (χ0n) is 22.0. The lowest BCUT2D eigenvalue weighted by Crippen LogP contribution is -2.50. The third-order valence-corrected chi connectivity index (χ3v) is 11.4. The van der Waals surface area contributed by atoms with E-state index in [0.717, 1.165) is 48.3 Å². The zero-order chi connectivity index (χ0) is 23.8. The molecule has 33 heavy (non-hydrogen) atoms. The number of hydrogen-bond donors (Lipinski definition) is 0. The largest absolute Gasteiger partial charge is 0.291 e. The van der Waals surface area contributed by atoms with Gasteiger partial charge in [-0.25, -0.2) is 0 Å². The summed E-state index contributed by atoms with van der Waals surface area (Å²) in [4.78, 5) is 22.4. The molecule has 0 saturated heterocycles. The molecule has 2 radical (unpaired) electrons. The van der Waals surface area contributed by atoms with Gasteiger partial charge in [0.25, 0.3) is 0 Å². The summed E-state index contributed by atoms with van der Waals surface area (Å²) in [6.07, 6.45) is 21.3. The summed E-state index contributed by atoms with van der Waals surface area (Å²) in [5.74, 6) is 5.18. The van der Waals surface area contributed by atoms with Gasteiger partial charge < -0.3 is 0 Å². The zero-order valence-corrected chi connectivity index (χ0v) is 22.0. The van der Waals surface area contributed by atoms with Gasteiger partial charge in [0, 0.05) is 12.3 Å². The van der Waals surface area contributed by atoms with E-state index in [2.05, 4.69) is 47.0 Å². The van der Waals surface area contributed by atoms with Crippen LogP contribution in [0.5, 0.6) is 0 Å². The van der Waals surface area contributed by atoms with Gasteiger partial charge in [-0.2, -0.15) is 0 Å². The molecular formula is C31H48O2. The Bertz CT molecular complexity index is 737. The fourth-order valence-corrected chi connectivity index (χ4v) is 9.45. The van der Waals surface area contributed by atoms with Gasteiger partial charge in [-0.1, -0.05) is 65.5 Å². The summed E-state index contributed by atoms with van der Waals surface area (Å²) in [5.41, 5.74) is 2.45. The van der Waals surface area contributed by atoms with Crippen LogP contribution in [-0.2, 0) is 9.59 Å². The minimum atomic E-state index is -0.256. The van der Waals surface area contributed by atoms with E-state index in [0.29, 0.717) is 10.8 Å². The average Bonchev–Trinajstić information content (AvgIpc) is 3.14. The number of allylic oxidation sites excluding steroid dienone is 2.